The number of carbonyl (C=O) groups excluding carboxylic acids is 1. The van der Waals surface area contributed by atoms with Crippen LogP contribution in [0.2, 0.25) is 0 Å². The predicted octanol–water partition coefficient (Wildman–Crippen LogP) is 4.18. The van der Waals surface area contributed by atoms with E-state index in [4.69, 9.17) is 0 Å². The van der Waals surface area contributed by atoms with Crippen LogP contribution in [0.1, 0.15) is 22.5 Å². The molecule has 0 bridgehead atoms. The minimum atomic E-state index is 0.0172. The van der Waals surface area contributed by atoms with Gasteiger partial charge in [0, 0.05) is 16.3 Å². The number of thiophene rings is 1. The summed E-state index contributed by atoms with van der Waals surface area (Å²) in [6.45, 7) is 0.768. The van der Waals surface area contributed by atoms with Crippen LogP contribution in [-0.4, -0.2) is 17.8 Å². The van der Waals surface area contributed by atoms with Crippen LogP contribution in [0.3, 0.4) is 0 Å². The summed E-state index contributed by atoms with van der Waals surface area (Å²) in [5.74, 6) is 0.0172. The SMILES string of the molecule is O=C(NCC1(CBr)CC1)c1cc(Br)c(Br)s1. The van der Waals surface area contributed by atoms with Crippen molar-refractivity contribution in [2.75, 3.05) is 11.9 Å². The molecule has 1 aromatic rings. The second-order valence-corrected chi connectivity index (χ2v) is 7.83. The number of alkyl halides is 1. The summed E-state index contributed by atoms with van der Waals surface area (Å²) in [6, 6.07) is 1.85. The fourth-order valence-electron chi connectivity index (χ4n) is 1.35. The molecule has 6 heteroatoms. The minimum Gasteiger partial charge on any atom is -0.351 e. The molecule has 1 saturated carbocycles. The van der Waals surface area contributed by atoms with Gasteiger partial charge in [0.1, 0.15) is 0 Å². The van der Waals surface area contributed by atoms with E-state index in [1.54, 1.807) is 0 Å². The number of hydrogen-bond acceptors (Lipinski definition) is 2. The van der Waals surface area contributed by atoms with Crippen molar-refractivity contribution in [2.24, 2.45) is 5.41 Å². The second-order valence-electron chi connectivity index (χ2n) is 4.05. The third kappa shape index (κ3) is 2.89. The number of amides is 1. The van der Waals surface area contributed by atoms with Crippen LogP contribution in [0, 0.1) is 5.41 Å². The number of hydrogen-bond donors (Lipinski definition) is 1. The zero-order valence-corrected chi connectivity index (χ0v) is 13.9. The van der Waals surface area contributed by atoms with Gasteiger partial charge in [0.05, 0.1) is 8.66 Å². The highest BCUT2D eigenvalue weighted by Crippen LogP contribution is 2.46. The summed E-state index contributed by atoms with van der Waals surface area (Å²) in [4.78, 5) is 12.6. The zero-order chi connectivity index (χ0) is 11.8. The summed E-state index contributed by atoms with van der Waals surface area (Å²) in [6.07, 6.45) is 2.41. The highest BCUT2D eigenvalue weighted by atomic mass is 79.9. The van der Waals surface area contributed by atoms with Crippen molar-refractivity contribution in [3.05, 3.63) is 19.2 Å². The number of rotatable bonds is 4. The molecule has 88 valence electrons. The molecule has 16 heavy (non-hydrogen) atoms. The molecular formula is C10H10Br3NOS. The van der Waals surface area contributed by atoms with Gasteiger partial charge in [-0.3, -0.25) is 4.79 Å². The van der Waals surface area contributed by atoms with Crippen LogP contribution in [0.25, 0.3) is 0 Å². The summed E-state index contributed by atoms with van der Waals surface area (Å²) in [5, 5.41) is 3.96. The van der Waals surface area contributed by atoms with Crippen molar-refractivity contribution in [2.45, 2.75) is 12.8 Å². The first-order chi connectivity index (χ1) is 7.56. The maximum Gasteiger partial charge on any atom is 0.261 e. The highest BCUT2D eigenvalue weighted by molar-refractivity contribution is 9.13. The molecule has 0 aliphatic heterocycles. The Bertz CT molecular complexity index is 395. The molecule has 0 aromatic carbocycles. The van der Waals surface area contributed by atoms with Gasteiger partial charge >= 0.3 is 0 Å². The molecule has 1 amide bonds. The van der Waals surface area contributed by atoms with Crippen LogP contribution in [0.15, 0.2) is 14.3 Å². The van der Waals surface area contributed by atoms with Gasteiger partial charge in [0.15, 0.2) is 0 Å². The molecule has 0 saturated heterocycles. The van der Waals surface area contributed by atoms with Gasteiger partial charge in [-0.2, -0.15) is 0 Å². The lowest BCUT2D eigenvalue weighted by Gasteiger charge is -2.11. The van der Waals surface area contributed by atoms with Gasteiger partial charge in [0.2, 0.25) is 0 Å². The predicted molar refractivity (Wildman–Crippen MR) is 77.5 cm³/mol. The second kappa shape index (κ2) is 5.08. The molecule has 2 nitrogen and oxygen atoms in total. The highest BCUT2D eigenvalue weighted by Gasteiger charge is 2.41. The molecule has 0 atom stereocenters. The van der Waals surface area contributed by atoms with E-state index in [0.717, 1.165) is 25.0 Å². The number of nitrogens with one attached hydrogen (secondary N) is 1. The fourth-order valence-corrected chi connectivity index (χ4v) is 4.06. The molecule has 1 N–H and O–H groups in total. The van der Waals surface area contributed by atoms with Crippen molar-refractivity contribution >= 4 is 65.0 Å². The smallest absolute Gasteiger partial charge is 0.261 e. The first-order valence-electron chi connectivity index (χ1n) is 4.85. The lowest BCUT2D eigenvalue weighted by Crippen LogP contribution is -2.30. The Balaban J connectivity index is 1.93. The summed E-state index contributed by atoms with van der Waals surface area (Å²) in [5.41, 5.74) is 0.321. The van der Waals surface area contributed by atoms with Gasteiger partial charge in [-0.25, -0.2) is 0 Å². The van der Waals surface area contributed by atoms with E-state index >= 15 is 0 Å². The zero-order valence-electron chi connectivity index (χ0n) is 8.36. The standard InChI is InChI=1S/C10H10Br3NOS/c11-4-10(1-2-10)5-14-9(15)7-3-6(12)8(13)16-7/h3H,1-2,4-5H2,(H,14,15). The van der Waals surface area contributed by atoms with E-state index in [0.29, 0.717) is 5.41 Å². The Morgan fingerprint density at radius 1 is 1.50 bits per heavy atom. The molecule has 1 heterocycles. The average Bonchev–Trinajstić information content (AvgIpc) is 2.98. The molecule has 0 spiro atoms. The molecule has 0 radical (unpaired) electrons. The molecule has 1 fully saturated rings. The quantitative estimate of drug-likeness (QED) is 0.712. The Hall–Kier alpha value is 0.610. The van der Waals surface area contributed by atoms with Gasteiger partial charge in [-0.1, -0.05) is 15.9 Å². The Morgan fingerprint density at radius 3 is 2.62 bits per heavy atom. The molecule has 1 aromatic heterocycles. The van der Waals surface area contributed by atoms with Gasteiger partial charge in [0.25, 0.3) is 5.91 Å². The van der Waals surface area contributed by atoms with Gasteiger partial charge in [-0.15, -0.1) is 11.3 Å². The first kappa shape index (κ1) is 13.1. The van der Waals surface area contributed by atoms with Gasteiger partial charge < -0.3 is 5.32 Å². The topological polar surface area (TPSA) is 29.1 Å². The summed E-state index contributed by atoms with van der Waals surface area (Å²) >= 11 is 11.7. The lowest BCUT2D eigenvalue weighted by molar-refractivity contribution is 0.0950. The third-order valence-corrected chi connectivity index (χ3v) is 7.18. The summed E-state index contributed by atoms with van der Waals surface area (Å²) < 4.78 is 1.89. The number of halogens is 3. The van der Waals surface area contributed by atoms with E-state index in [-0.39, 0.29) is 5.91 Å². The Morgan fingerprint density at radius 2 is 2.19 bits per heavy atom. The minimum absolute atomic E-state index is 0.0172. The Labute approximate surface area is 124 Å². The normalized spacial score (nSPS) is 17.2. The molecule has 0 unspecified atom stereocenters. The van der Waals surface area contributed by atoms with E-state index in [1.807, 2.05) is 6.07 Å². The van der Waals surface area contributed by atoms with Gasteiger partial charge in [-0.05, 0) is 56.2 Å². The van der Waals surface area contributed by atoms with Crippen molar-refractivity contribution in [3.63, 3.8) is 0 Å². The number of carbonyl (C=O) groups is 1. The van der Waals surface area contributed by atoms with Crippen LogP contribution in [0.4, 0.5) is 0 Å². The van der Waals surface area contributed by atoms with Crippen molar-refractivity contribution in [3.8, 4) is 0 Å². The van der Waals surface area contributed by atoms with Crippen molar-refractivity contribution < 1.29 is 4.79 Å². The molecule has 1 aliphatic rings. The van der Waals surface area contributed by atoms with Crippen LogP contribution in [0.5, 0.6) is 0 Å². The largest absolute Gasteiger partial charge is 0.351 e. The maximum atomic E-state index is 11.8. The Kier molecular flexibility index (Phi) is 4.14. The fraction of sp³-hybridized carbons (Fsp3) is 0.500. The van der Waals surface area contributed by atoms with Crippen LogP contribution in [-0.2, 0) is 0 Å². The van der Waals surface area contributed by atoms with E-state index in [2.05, 4.69) is 53.1 Å². The van der Waals surface area contributed by atoms with Crippen LogP contribution < -0.4 is 5.32 Å². The summed E-state index contributed by atoms with van der Waals surface area (Å²) in [7, 11) is 0. The molecule has 2 rings (SSSR count). The van der Waals surface area contributed by atoms with Crippen LogP contribution >= 0.6 is 59.1 Å². The lowest BCUT2D eigenvalue weighted by atomic mass is 10.1. The van der Waals surface area contributed by atoms with E-state index < -0.39 is 0 Å². The van der Waals surface area contributed by atoms with E-state index in [1.165, 1.54) is 24.2 Å². The third-order valence-electron chi connectivity index (χ3n) is 2.73. The molecule has 1 aliphatic carbocycles. The molecular weight excluding hydrogens is 422 g/mol. The average molecular weight is 432 g/mol. The monoisotopic (exact) mass is 429 g/mol. The first-order valence-corrected chi connectivity index (χ1v) is 8.38. The maximum absolute atomic E-state index is 11.8. The van der Waals surface area contributed by atoms with Crippen molar-refractivity contribution in [1.82, 2.24) is 5.32 Å². The van der Waals surface area contributed by atoms with E-state index in [9.17, 15) is 4.79 Å². The van der Waals surface area contributed by atoms with Crippen molar-refractivity contribution in [1.29, 1.82) is 0 Å².